The first-order chi connectivity index (χ1) is 18.1. The summed E-state index contributed by atoms with van der Waals surface area (Å²) in [6.07, 6.45) is 1.35. The molecule has 1 N–H and O–H groups in total. The summed E-state index contributed by atoms with van der Waals surface area (Å²) in [7, 11) is 0. The zero-order valence-corrected chi connectivity index (χ0v) is 21.5. The van der Waals surface area contributed by atoms with Crippen LogP contribution in [0.15, 0.2) is 115 Å². The lowest BCUT2D eigenvalue weighted by atomic mass is 10.0. The fraction of sp³-hybridized carbons (Fsp3) is 0.188. The first kappa shape index (κ1) is 26.2. The molecule has 4 nitrogen and oxygen atoms in total. The number of hydrogen-bond donors (Lipinski definition) is 1. The van der Waals surface area contributed by atoms with Crippen LogP contribution in [0.1, 0.15) is 28.7 Å². The van der Waals surface area contributed by atoms with E-state index in [2.05, 4.69) is 5.32 Å². The van der Waals surface area contributed by atoms with Crippen LogP contribution < -0.4 is 5.32 Å². The van der Waals surface area contributed by atoms with Gasteiger partial charge in [0.05, 0.1) is 0 Å². The predicted octanol–water partition coefficient (Wildman–Crippen LogP) is 6.23. The molecule has 0 aliphatic heterocycles. The first-order valence-electron chi connectivity index (χ1n) is 12.5. The van der Waals surface area contributed by atoms with Crippen LogP contribution in [-0.4, -0.2) is 22.8 Å². The Morgan fingerprint density at radius 1 is 0.703 bits per heavy atom. The molecular formula is C32H31ClN2O2. The Labute approximate surface area is 223 Å². The summed E-state index contributed by atoms with van der Waals surface area (Å²) in [6.45, 7) is 0.645. The molecule has 0 bridgehead atoms. The van der Waals surface area contributed by atoms with Gasteiger partial charge in [-0.2, -0.15) is 0 Å². The van der Waals surface area contributed by atoms with Gasteiger partial charge in [0.25, 0.3) is 0 Å². The van der Waals surface area contributed by atoms with Gasteiger partial charge < -0.3 is 10.2 Å². The number of amides is 2. The highest BCUT2D eigenvalue weighted by Crippen LogP contribution is 2.18. The molecule has 0 spiro atoms. The maximum absolute atomic E-state index is 13.7. The fourth-order valence-corrected chi connectivity index (χ4v) is 4.52. The molecular weight excluding hydrogens is 480 g/mol. The van der Waals surface area contributed by atoms with Crippen molar-refractivity contribution in [3.63, 3.8) is 0 Å². The minimum absolute atomic E-state index is 0.0541. The van der Waals surface area contributed by atoms with E-state index < -0.39 is 6.04 Å². The lowest BCUT2D eigenvalue weighted by Crippen LogP contribution is -2.50. The molecule has 0 heterocycles. The largest absolute Gasteiger partial charge is 0.350 e. The van der Waals surface area contributed by atoms with E-state index in [1.54, 1.807) is 11.0 Å². The monoisotopic (exact) mass is 510 g/mol. The molecule has 188 valence electrons. The summed E-state index contributed by atoms with van der Waals surface area (Å²) in [5, 5.41) is 3.64. The van der Waals surface area contributed by atoms with Gasteiger partial charge in [-0.25, -0.2) is 0 Å². The Balaban J connectivity index is 1.60. The predicted molar refractivity (Wildman–Crippen MR) is 149 cm³/mol. The normalized spacial score (nSPS) is 11.5. The summed E-state index contributed by atoms with van der Waals surface area (Å²) >= 11 is 6.32. The van der Waals surface area contributed by atoms with Gasteiger partial charge in [-0.15, -0.1) is 0 Å². The van der Waals surface area contributed by atoms with Crippen molar-refractivity contribution in [1.82, 2.24) is 10.2 Å². The van der Waals surface area contributed by atoms with Crippen molar-refractivity contribution in [2.45, 2.75) is 38.4 Å². The standard InChI is InChI=1S/C32H31ClN2O2/c33-29-19-11-10-18-28(29)23-34-32(37)30(22-26-14-6-2-7-15-26)35(24-27-16-8-3-9-17-27)31(36)21-20-25-12-4-1-5-13-25/h1-19,30H,20-24H2,(H,34,37)/t30-/m0/s1. The number of carbonyl (C=O) groups is 2. The van der Waals surface area contributed by atoms with E-state index in [4.69, 9.17) is 11.6 Å². The Morgan fingerprint density at radius 3 is 1.86 bits per heavy atom. The summed E-state index contributed by atoms with van der Waals surface area (Å²) in [5.41, 5.74) is 3.90. The third kappa shape index (κ3) is 7.80. The minimum atomic E-state index is -0.673. The van der Waals surface area contributed by atoms with E-state index >= 15 is 0 Å². The first-order valence-corrected chi connectivity index (χ1v) is 12.9. The fourth-order valence-electron chi connectivity index (χ4n) is 4.32. The molecule has 0 saturated heterocycles. The zero-order chi connectivity index (χ0) is 25.9. The highest BCUT2D eigenvalue weighted by Gasteiger charge is 2.30. The molecule has 0 aromatic heterocycles. The van der Waals surface area contributed by atoms with Crippen LogP contribution in [0.2, 0.25) is 5.02 Å². The van der Waals surface area contributed by atoms with Gasteiger partial charge in [0.15, 0.2) is 0 Å². The molecule has 0 aliphatic rings. The van der Waals surface area contributed by atoms with E-state index in [1.165, 1.54) is 0 Å². The van der Waals surface area contributed by atoms with E-state index in [-0.39, 0.29) is 11.8 Å². The summed E-state index contributed by atoms with van der Waals surface area (Å²) in [5.74, 6) is -0.255. The number of benzene rings is 4. The second-order valence-corrected chi connectivity index (χ2v) is 9.41. The van der Waals surface area contributed by atoms with Gasteiger partial charge in [0.1, 0.15) is 6.04 Å². The lowest BCUT2D eigenvalue weighted by molar-refractivity contribution is -0.141. The second kappa shape index (κ2) is 13.4. The highest BCUT2D eigenvalue weighted by atomic mass is 35.5. The molecule has 0 fully saturated rings. The van der Waals surface area contributed by atoms with E-state index in [9.17, 15) is 9.59 Å². The smallest absolute Gasteiger partial charge is 0.243 e. The summed E-state index contributed by atoms with van der Waals surface area (Å²) < 4.78 is 0. The molecule has 4 aromatic rings. The number of aryl methyl sites for hydroxylation is 1. The van der Waals surface area contributed by atoms with Crippen molar-refractivity contribution in [3.8, 4) is 0 Å². The van der Waals surface area contributed by atoms with Crippen molar-refractivity contribution in [2.24, 2.45) is 0 Å². The average molecular weight is 511 g/mol. The van der Waals surface area contributed by atoms with Crippen LogP contribution in [0.3, 0.4) is 0 Å². The molecule has 4 rings (SSSR count). The molecule has 1 atom stereocenters. The zero-order valence-electron chi connectivity index (χ0n) is 20.7. The summed E-state index contributed by atoms with van der Waals surface area (Å²) in [4.78, 5) is 29.1. The van der Waals surface area contributed by atoms with Crippen molar-refractivity contribution in [2.75, 3.05) is 0 Å². The van der Waals surface area contributed by atoms with Gasteiger partial charge in [0, 0.05) is 31.0 Å². The number of carbonyl (C=O) groups excluding carboxylic acids is 2. The van der Waals surface area contributed by atoms with Gasteiger partial charge in [0.2, 0.25) is 11.8 Å². The molecule has 4 aromatic carbocycles. The SMILES string of the molecule is O=C(NCc1ccccc1Cl)[C@H](Cc1ccccc1)N(Cc1ccccc1)C(=O)CCc1ccccc1. The van der Waals surface area contributed by atoms with Crippen LogP contribution >= 0.6 is 11.6 Å². The van der Waals surface area contributed by atoms with Crippen LogP contribution in [0, 0.1) is 0 Å². The molecule has 0 unspecified atom stereocenters. The Hall–Kier alpha value is -3.89. The average Bonchev–Trinajstić information content (AvgIpc) is 2.94. The second-order valence-electron chi connectivity index (χ2n) is 9.01. The number of nitrogens with one attached hydrogen (secondary N) is 1. The van der Waals surface area contributed by atoms with Crippen LogP contribution in [0.4, 0.5) is 0 Å². The lowest BCUT2D eigenvalue weighted by Gasteiger charge is -2.32. The van der Waals surface area contributed by atoms with Crippen molar-refractivity contribution >= 4 is 23.4 Å². The van der Waals surface area contributed by atoms with Gasteiger partial charge >= 0.3 is 0 Å². The van der Waals surface area contributed by atoms with Gasteiger partial charge in [-0.3, -0.25) is 9.59 Å². The van der Waals surface area contributed by atoms with Crippen molar-refractivity contribution in [3.05, 3.63) is 143 Å². The molecule has 37 heavy (non-hydrogen) atoms. The van der Waals surface area contributed by atoms with Crippen LogP contribution in [-0.2, 0) is 35.5 Å². The van der Waals surface area contributed by atoms with Crippen LogP contribution in [0.25, 0.3) is 0 Å². The Morgan fingerprint density at radius 2 is 1.24 bits per heavy atom. The quantitative estimate of drug-likeness (QED) is 0.260. The number of hydrogen-bond acceptors (Lipinski definition) is 2. The molecule has 0 aliphatic carbocycles. The molecule has 0 radical (unpaired) electrons. The Bertz CT molecular complexity index is 1280. The minimum Gasteiger partial charge on any atom is -0.350 e. The number of nitrogens with zero attached hydrogens (tertiary/aromatic N) is 1. The van der Waals surface area contributed by atoms with Crippen molar-refractivity contribution in [1.29, 1.82) is 0 Å². The molecule has 2 amide bonds. The van der Waals surface area contributed by atoms with E-state index in [0.717, 1.165) is 22.3 Å². The number of halogens is 1. The van der Waals surface area contributed by atoms with E-state index in [0.29, 0.717) is 37.4 Å². The van der Waals surface area contributed by atoms with Gasteiger partial charge in [-0.05, 0) is 34.7 Å². The van der Waals surface area contributed by atoms with Gasteiger partial charge in [-0.1, -0.05) is 121 Å². The van der Waals surface area contributed by atoms with Crippen molar-refractivity contribution < 1.29 is 9.59 Å². The molecule has 5 heteroatoms. The third-order valence-electron chi connectivity index (χ3n) is 6.35. The van der Waals surface area contributed by atoms with Crippen LogP contribution in [0.5, 0.6) is 0 Å². The maximum Gasteiger partial charge on any atom is 0.243 e. The third-order valence-corrected chi connectivity index (χ3v) is 6.72. The highest BCUT2D eigenvalue weighted by molar-refractivity contribution is 6.31. The topological polar surface area (TPSA) is 49.4 Å². The molecule has 0 saturated carbocycles. The summed E-state index contributed by atoms with van der Waals surface area (Å²) in [6, 6.07) is 36.4. The van der Waals surface area contributed by atoms with E-state index in [1.807, 2.05) is 109 Å². The maximum atomic E-state index is 13.7. The number of rotatable bonds is 11. The Kier molecular flexibility index (Phi) is 9.50.